The smallest absolute Gasteiger partial charge is 0.335 e. The Balaban J connectivity index is 2.77. The minimum absolute atomic E-state index is 0.0251. The molecule has 1 rings (SSSR count). The highest BCUT2D eigenvalue weighted by molar-refractivity contribution is 5.92. The van der Waals surface area contributed by atoms with Crippen LogP contribution in [-0.2, 0) is 14.3 Å². The van der Waals surface area contributed by atoms with E-state index in [4.69, 9.17) is 9.84 Å². The lowest BCUT2D eigenvalue weighted by molar-refractivity contribution is -0.134. The normalized spacial score (nSPS) is 10.9. The topological polar surface area (TPSA) is 72.8 Å². The summed E-state index contributed by atoms with van der Waals surface area (Å²) in [6.07, 6.45) is 1.38. The van der Waals surface area contributed by atoms with Crippen molar-refractivity contribution in [1.29, 1.82) is 0 Å². The van der Waals surface area contributed by atoms with Crippen LogP contribution in [0.15, 0.2) is 29.8 Å². The number of benzene rings is 1. The summed E-state index contributed by atoms with van der Waals surface area (Å²) in [6.45, 7) is -0.722. The molecule has 102 valence electrons. The third kappa shape index (κ3) is 5.20. The fourth-order valence-electron chi connectivity index (χ4n) is 1.31. The molecular weight excluding hydrogens is 255 g/mol. The molecule has 0 saturated heterocycles. The molecule has 0 aliphatic heterocycles. The Morgan fingerprint density at radius 1 is 1.32 bits per heavy atom. The van der Waals surface area contributed by atoms with Gasteiger partial charge in [-0.2, -0.15) is 0 Å². The van der Waals surface area contributed by atoms with E-state index in [9.17, 15) is 14.0 Å². The maximum absolute atomic E-state index is 11.9. The van der Waals surface area contributed by atoms with Crippen molar-refractivity contribution < 1.29 is 28.6 Å². The molecule has 1 aromatic carbocycles. The Hall–Kier alpha value is -2.37. The van der Waals surface area contributed by atoms with Gasteiger partial charge in [0, 0.05) is 0 Å². The van der Waals surface area contributed by atoms with E-state index in [0.29, 0.717) is 11.3 Å². The highest BCUT2D eigenvalue weighted by atomic mass is 19.1. The van der Waals surface area contributed by atoms with Crippen molar-refractivity contribution in [1.82, 2.24) is 0 Å². The Morgan fingerprint density at radius 2 is 2.00 bits per heavy atom. The number of carboxylic acid groups (broad SMARTS) is 1. The van der Waals surface area contributed by atoms with Gasteiger partial charge in [0.1, 0.15) is 25.6 Å². The summed E-state index contributed by atoms with van der Waals surface area (Å²) < 4.78 is 21.3. The average molecular weight is 268 g/mol. The van der Waals surface area contributed by atoms with Gasteiger partial charge in [0.05, 0.1) is 5.57 Å². The molecule has 0 aromatic heterocycles. The summed E-state index contributed by atoms with van der Waals surface area (Å²) in [5.74, 6) is -0.671. The van der Waals surface area contributed by atoms with E-state index in [-0.39, 0.29) is 25.3 Å². The van der Waals surface area contributed by atoms with Crippen LogP contribution in [0.4, 0.5) is 4.39 Å². The molecule has 19 heavy (non-hydrogen) atoms. The van der Waals surface area contributed by atoms with Gasteiger partial charge in [0.15, 0.2) is 0 Å². The van der Waals surface area contributed by atoms with Crippen molar-refractivity contribution in [3.63, 3.8) is 0 Å². The minimum Gasteiger partial charge on any atom is -0.491 e. The molecule has 0 unspecified atom stereocenters. The van der Waals surface area contributed by atoms with Crippen molar-refractivity contribution in [3.05, 3.63) is 35.4 Å². The molecule has 0 amide bonds. The molecule has 0 aliphatic rings. The van der Waals surface area contributed by atoms with Crippen molar-refractivity contribution in [2.75, 3.05) is 19.9 Å². The average Bonchev–Trinajstić information content (AvgIpc) is 2.42. The number of halogens is 1. The van der Waals surface area contributed by atoms with Gasteiger partial charge >= 0.3 is 5.97 Å². The van der Waals surface area contributed by atoms with Crippen LogP contribution in [0.25, 0.3) is 6.08 Å². The summed E-state index contributed by atoms with van der Waals surface area (Å²) in [7, 11) is 0. The van der Waals surface area contributed by atoms with Crippen LogP contribution in [0.5, 0.6) is 5.75 Å². The quantitative estimate of drug-likeness (QED) is 0.573. The van der Waals surface area contributed by atoms with E-state index >= 15 is 0 Å². The van der Waals surface area contributed by atoms with E-state index in [1.54, 1.807) is 24.3 Å². The molecule has 6 heteroatoms. The van der Waals surface area contributed by atoms with Gasteiger partial charge in [0.2, 0.25) is 0 Å². The van der Waals surface area contributed by atoms with Gasteiger partial charge < -0.3 is 14.6 Å². The third-order valence-electron chi connectivity index (χ3n) is 2.15. The van der Waals surface area contributed by atoms with E-state index in [1.165, 1.54) is 6.08 Å². The second-order valence-corrected chi connectivity index (χ2v) is 3.49. The molecular formula is C13H13FO5. The fraction of sp³-hybridized carbons (Fsp3) is 0.231. The van der Waals surface area contributed by atoms with Crippen LogP contribution < -0.4 is 4.74 Å². The predicted molar refractivity (Wildman–Crippen MR) is 65.5 cm³/mol. The molecule has 0 saturated carbocycles. The standard InChI is InChI=1S/C13H13FO5/c14-5-6-19-12-3-1-10(2-4-12)7-11(13(16)17)8-18-9-15/h1-4,7,9H,5-6,8H2,(H,16,17)/b11-7+. The molecule has 0 heterocycles. The number of carboxylic acids is 1. The number of hydrogen-bond donors (Lipinski definition) is 1. The Morgan fingerprint density at radius 3 is 2.53 bits per heavy atom. The Kier molecular flexibility index (Phi) is 6.08. The Bertz CT molecular complexity index is 453. The Labute approximate surface area is 109 Å². The number of rotatable bonds is 8. The number of alkyl halides is 1. The number of carbonyl (C=O) groups excluding carboxylic acids is 1. The predicted octanol–water partition coefficient (Wildman–Crippen LogP) is 1.68. The zero-order valence-corrected chi connectivity index (χ0v) is 10.0. The summed E-state index contributed by atoms with van der Waals surface area (Å²) in [6, 6.07) is 6.44. The first-order valence-corrected chi connectivity index (χ1v) is 5.45. The molecule has 0 fully saturated rings. The molecule has 1 N–H and O–H groups in total. The highest BCUT2D eigenvalue weighted by Crippen LogP contribution is 2.14. The summed E-state index contributed by atoms with van der Waals surface area (Å²) in [5.41, 5.74) is 0.559. The molecule has 0 radical (unpaired) electrons. The summed E-state index contributed by atoms with van der Waals surface area (Å²) in [4.78, 5) is 20.9. The van der Waals surface area contributed by atoms with Crippen LogP contribution >= 0.6 is 0 Å². The minimum atomic E-state index is -1.17. The van der Waals surface area contributed by atoms with Crippen LogP contribution in [0.1, 0.15) is 5.56 Å². The van der Waals surface area contributed by atoms with Crippen molar-refractivity contribution in [2.45, 2.75) is 0 Å². The van der Waals surface area contributed by atoms with Crippen LogP contribution in [-0.4, -0.2) is 37.4 Å². The lowest BCUT2D eigenvalue weighted by Gasteiger charge is -2.04. The van der Waals surface area contributed by atoms with E-state index in [1.807, 2.05) is 0 Å². The molecule has 0 aliphatic carbocycles. The van der Waals surface area contributed by atoms with Crippen LogP contribution in [0.3, 0.4) is 0 Å². The lowest BCUT2D eigenvalue weighted by atomic mass is 10.1. The zero-order valence-electron chi connectivity index (χ0n) is 10.0. The van der Waals surface area contributed by atoms with Gasteiger partial charge in [-0.1, -0.05) is 12.1 Å². The lowest BCUT2D eigenvalue weighted by Crippen LogP contribution is -2.07. The summed E-state index contributed by atoms with van der Waals surface area (Å²) >= 11 is 0. The highest BCUT2D eigenvalue weighted by Gasteiger charge is 2.07. The second-order valence-electron chi connectivity index (χ2n) is 3.49. The number of carbonyl (C=O) groups is 2. The van der Waals surface area contributed by atoms with E-state index < -0.39 is 12.6 Å². The first kappa shape index (κ1) is 14.7. The van der Waals surface area contributed by atoms with Gasteiger partial charge in [-0.25, -0.2) is 9.18 Å². The third-order valence-corrected chi connectivity index (χ3v) is 2.15. The molecule has 5 nitrogen and oxygen atoms in total. The molecule has 0 spiro atoms. The second kappa shape index (κ2) is 7.86. The van der Waals surface area contributed by atoms with Gasteiger partial charge in [-0.3, -0.25) is 4.79 Å². The maximum atomic E-state index is 11.9. The molecule has 0 bridgehead atoms. The molecule has 1 aromatic rings. The zero-order chi connectivity index (χ0) is 14.1. The first-order valence-electron chi connectivity index (χ1n) is 5.45. The number of ether oxygens (including phenoxy) is 2. The van der Waals surface area contributed by atoms with E-state index in [0.717, 1.165) is 0 Å². The van der Waals surface area contributed by atoms with Gasteiger partial charge in [-0.15, -0.1) is 0 Å². The number of hydrogen-bond acceptors (Lipinski definition) is 4. The van der Waals surface area contributed by atoms with Crippen molar-refractivity contribution >= 4 is 18.5 Å². The van der Waals surface area contributed by atoms with Crippen molar-refractivity contribution in [3.8, 4) is 5.75 Å². The maximum Gasteiger partial charge on any atom is 0.335 e. The first-order chi connectivity index (χ1) is 9.17. The molecule has 0 atom stereocenters. The van der Waals surface area contributed by atoms with Crippen LogP contribution in [0, 0.1) is 0 Å². The van der Waals surface area contributed by atoms with E-state index in [2.05, 4.69) is 4.74 Å². The monoisotopic (exact) mass is 268 g/mol. The van der Waals surface area contributed by atoms with Crippen LogP contribution in [0.2, 0.25) is 0 Å². The van der Waals surface area contributed by atoms with Gasteiger partial charge in [0.25, 0.3) is 6.47 Å². The summed E-state index contributed by atoms with van der Waals surface area (Å²) in [5, 5.41) is 8.90. The SMILES string of the molecule is O=COC/C(=C\c1ccc(OCCF)cc1)C(=O)O. The number of aliphatic carboxylic acids is 1. The van der Waals surface area contributed by atoms with Crippen molar-refractivity contribution in [2.24, 2.45) is 0 Å². The van der Waals surface area contributed by atoms with Gasteiger partial charge in [-0.05, 0) is 23.8 Å². The fourth-order valence-corrected chi connectivity index (χ4v) is 1.31. The largest absolute Gasteiger partial charge is 0.491 e.